The molecule has 38 heavy (non-hydrogen) atoms. The van der Waals surface area contributed by atoms with Crippen LogP contribution in [0.2, 0.25) is 0 Å². The summed E-state index contributed by atoms with van der Waals surface area (Å²) in [5.41, 5.74) is 2.59. The van der Waals surface area contributed by atoms with Crippen molar-refractivity contribution in [1.82, 2.24) is 0 Å². The number of benzene rings is 3. The summed E-state index contributed by atoms with van der Waals surface area (Å²) in [7, 11) is 0. The Morgan fingerprint density at radius 3 is 1.37 bits per heavy atom. The molecule has 0 amide bonds. The minimum atomic E-state index is -0.463. The molecule has 4 heterocycles. The van der Waals surface area contributed by atoms with Gasteiger partial charge in [-0.2, -0.15) is 0 Å². The molecule has 0 aliphatic heterocycles. The van der Waals surface area contributed by atoms with Gasteiger partial charge in [0.2, 0.25) is 11.5 Å². The SMILES string of the molecule is O=c1ccc2cc3ccoc3c(OCc3ccc(COc4c5occc5cc5ccc(=O)oc45)cc3)c2o1. The van der Waals surface area contributed by atoms with Crippen molar-refractivity contribution in [2.75, 3.05) is 0 Å². The third-order valence-electron chi connectivity index (χ3n) is 6.36. The summed E-state index contributed by atoms with van der Waals surface area (Å²) < 4.78 is 34.2. The van der Waals surface area contributed by atoms with E-state index >= 15 is 0 Å². The first-order chi connectivity index (χ1) is 18.6. The maximum atomic E-state index is 11.8. The Morgan fingerprint density at radius 1 is 0.500 bits per heavy atom. The molecular formula is C30H18O8. The summed E-state index contributed by atoms with van der Waals surface area (Å²) in [4.78, 5) is 23.7. The Hall–Kier alpha value is -5.24. The molecule has 0 unspecified atom stereocenters. The lowest BCUT2D eigenvalue weighted by atomic mass is 10.1. The second-order valence-electron chi connectivity index (χ2n) is 8.83. The molecule has 0 atom stereocenters. The van der Waals surface area contributed by atoms with Crippen molar-refractivity contribution in [1.29, 1.82) is 0 Å². The largest absolute Gasteiger partial charge is 0.481 e. The summed E-state index contributed by atoms with van der Waals surface area (Å²) >= 11 is 0. The summed E-state index contributed by atoms with van der Waals surface area (Å²) in [6.45, 7) is 0.465. The van der Waals surface area contributed by atoms with E-state index in [0.29, 0.717) is 33.8 Å². The molecule has 3 aromatic carbocycles. The van der Waals surface area contributed by atoms with Gasteiger partial charge in [-0.15, -0.1) is 0 Å². The fourth-order valence-electron chi connectivity index (χ4n) is 4.52. The van der Waals surface area contributed by atoms with E-state index in [1.807, 2.05) is 48.5 Å². The summed E-state index contributed by atoms with van der Waals surface area (Å²) in [5.74, 6) is 0.764. The lowest BCUT2D eigenvalue weighted by Crippen LogP contribution is -2.01. The molecular weight excluding hydrogens is 488 g/mol. The highest BCUT2D eigenvalue weighted by Crippen LogP contribution is 2.36. The molecule has 186 valence electrons. The van der Waals surface area contributed by atoms with Crippen LogP contribution in [0.25, 0.3) is 43.9 Å². The van der Waals surface area contributed by atoms with E-state index in [2.05, 4.69) is 0 Å². The number of rotatable bonds is 6. The first kappa shape index (κ1) is 22.0. The third kappa shape index (κ3) is 3.79. The van der Waals surface area contributed by atoms with E-state index in [0.717, 1.165) is 32.7 Å². The van der Waals surface area contributed by atoms with Gasteiger partial charge in [0.15, 0.2) is 22.3 Å². The predicted molar refractivity (Wildman–Crippen MR) is 140 cm³/mol. The Bertz CT molecular complexity index is 1920. The number of ether oxygens (including phenoxy) is 2. The average Bonchev–Trinajstić information content (AvgIpc) is 3.59. The normalized spacial score (nSPS) is 11.6. The molecule has 8 nitrogen and oxygen atoms in total. The Morgan fingerprint density at radius 2 is 0.921 bits per heavy atom. The van der Waals surface area contributed by atoms with Gasteiger partial charge in [-0.05, 0) is 47.5 Å². The van der Waals surface area contributed by atoms with Crippen molar-refractivity contribution in [2.45, 2.75) is 13.2 Å². The van der Waals surface area contributed by atoms with E-state index in [1.54, 1.807) is 24.7 Å². The fraction of sp³-hybridized carbons (Fsp3) is 0.0667. The number of hydrogen-bond donors (Lipinski definition) is 0. The summed E-state index contributed by atoms with van der Waals surface area (Å²) in [6, 6.07) is 21.3. The average molecular weight is 506 g/mol. The molecule has 0 N–H and O–H groups in total. The number of hydrogen-bond acceptors (Lipinski definition) is 8. The molecule has 0 bridgehead atoms. The van der Waals surface area contributed by atoms with Crippen LogP contribution in [-0.2, 0) is 13.2 Å². The van der Waals surface area contributed by atoms with Gasteiger partial charge in [0.1, 0.15) is 13.2 Å². The van der Waals surface area contributed by atoms with Crippen LogP contribution in [0.3, 0.4) is 0 Å². The van der Waals surface area contributed by atoms with Gasteiger partial charge in [0, 0.05) is 33.7 Å². The van der Waals surface area contributed by atoms with Gasteiger partial charge in [-0.1, -0.05) is 24.3 Å². The van der Waals surface area contributed by atoms with Crippen LogP contribution in [0.4, 0.5) is 0 Å². The monoisotopic (exact) mass is 506 g/mol. The van der Waals surface area contributed by atoms with E-state index in [1.165, 1.54) is 12.1 Å². The van der Waals surface area contributed by atoms with Crippen LogP contribution in [0.5, 0.6) is 11.5 Å². The standard InChI is InChI=1S/C30H18O8/c31-23-7-5-19-13-21-9-11-33-25(21)29(27(19)37-23)35-15-17-1-2-18(4-3-17)16-36-30-26-22(10-12-34-26)14-20-6-8-24(32)38-28(20)30/h1-14H,15-16H2. The second kappa shape index (κ2) is 8.70. The maximum Gasteiger partial charge on any atom is 0.336 e. The molecule has 0 fully saturated rings. The van der Waals surface area contributed by atoms with Gasteiger partial charge in [-0.3, -0.25) is 0 Å². The highest BCUT2D eigenvalue weighted by atomic mass is 16.5. The molecule has 7 aromatic rings. The second-order valence-corrected chi connectivity index (χ2v) is 8.83. The lowest BCUT2D eigenvalue weighted by Gasteiger charge is -2.11. The Kier molecular flexibility index (Phi) is 5.04. The van der Waals surface area contributed by atoms with Gasteiger partial charge < -0.3 is 27.1 Å². The van der Waals surface area contributed by atoms with E-state index in [4.69, 9.17) is 27.1 Å². The van der Waals surface area contributed by atoms with Crippen molar-refractivity contribution in [3.05, 3.63) is 117 Å². The van der Waals surface area contributed by atoms with Crippen LogP contribution in [0, 0.1) is 0 Å². The zero-order chi connectivity index (χ0) is 25.6. The fourth-order valence-corrected chi connectivity index (χ4v) is 4.52. The van der Waals surface area contributed by atoms with Crippen molar-refractivity contribution < 1.29 is 27.1 Å². The van der Waals surface area contributed by atoms with Crippen molar-refractivity contribution in [3.63, 3.8) is 0 Å². The Labute approximate surface area is 213 Å². The zero-order valence-electron chi connectivity index (χ0n) is 19.8. The van der Waals surface area contributed by atoms with Crippen LogP contribution in [0.15, 0.2) is 113 Å². The van der Waals surface area contributed by atoms with Crippen LogP contribution in [0.1, 0.15) is 11.1 Å². The van der Waals surface area contributed by atoms with E-state index < -0.39 is 11.3 Å². The molecule has 0 saturated heterocycles. The van der Waals surface area contributed by atoms with E-state index in [9.17, 15) is 9.59 Å². The molecule has 0 aliphatic rings. The van der Waals surface area contributed by atoms with Crippen LogP contribution >= 0.6 is 0 Å². The van der Waals surface area contributed by atoms with Gasteiger partial charge in [0.25, 0.3) is 0 Å². The minimum Gasteiger partial charge on any atom is -0.481 e. The first-order valence-corrected chi connectivity index (χ1v) is 11.8. The van der Waals surface area contributed by atoms with E-state index in [-0.39, 0.29) is 13.2 Å². The third-order valence-corrected chi connectivity index (χ3v) is 6.36. The van der Waals surface area contributed by atoms with Gasteiger partial charge in [-0.25, -0.2) is 9.59 Å². The highest BCUT2D eigenvalue weighted by Gasteiger charge is 2.16. The zero-order valence-corrected chi connectivity index (χ0v) is 19.8. The minimum absolute atomic E-state index is 0.232. The van der Waals surface area contributed by atoms with Crippen LogP contribution in [-0.4, -0.2) is 0 Å². The van der Waals surface area contributed by atoms with Gasteiger partial charge >= 0.3 is 11.3 Å². The maximum absolute atomic E-state index is 11.8. The lowest BCUT2D eigenvalue weighted by molar-refractivity contribution is 0.300. The smallest absolute Gasteiger partial charge is 0.336 e. The van der Waals surface area contributed by atoms with Gasteiger partial charge in [0.05, 0.1) is 12.5 Å². The molecule has 0 spiro atoms. The molecule has 4 aromatic heterocycles. The molecule has 0 aliphatic carbocycles. The molecule has 7 rings (SSSR count). The Balaban J connectivity index is 1.13. The van der Waals surface area contributed by atoms with Crippen molar-refractivity contribution in [2.24, 2.45) is 0 Å². The quantitative estimate of drug-likeness (QED) is 0.234. The number of fused-ring (bicyclic) bond motifs is 4. The first-order valence-electron chi connectivity index (χ1n) is 11.8. The predicted octanol–water partition coefficient (Wildman–Crippen LogP) is 6.55. The van der Waals surface area contributed by atoms with Crippen molar-refractivity contribution in [3.8, 4) is 11.5 Å². The van der Waals surface area contributed by atoms with Crippen molar-refractivity contribution >= 4 is 43.9 Å². The summed E-state index contributed by atoms with van der Waals surface area (Å²) in [5, 5.41) is 3.19. The topological polar surface area (TPSA) is 105 Å². The molecule has 0 saturated carbocycles. The van der Waals surface area contributed by atoms with Crippen LogP contribution < -0.4 is 20.7 Å². The highest BCUT2D eigenvalue weighted by molar-refractivity contribution is 6.00. The summed E-state index contributed by atoms with van der Waals surface area (Å²) in [6.07, 6.45) is 3.14. The molecule has 8 heteroatoms. The number of furan rings is 2. The molecule has 0 radical (unpaired) electrons.